The second-order valence-electron chi connectivity index (χ2n) is 8.67. The molecule has 3 rings (SSSR count). The van der Waals surface area contributed by atoms with E-state index in [-0.39, 0.29) is 12.2 Å². The Morgan fingerprint density at radius 1 is 0.727 bits per heavy atom. The molecule has 1 atom stereocenters. The smallest absolute Gasteiger partial charge is 0.343 e. The van der Waals surface area contributed by atoms with Crippen LogP contribution < -0.4 is 10.5 Å². The lowest BCUT2D eigenvalue weighted by Gasteiger charge is -2.30. The minimum absolute atomic E-state index is 0.0142. The van der Waals surface area contributed by atoms with Crippen molar-refractivity contribution in [3.8, 4) is 5.75 Å². The highest BCUT2D eigenvalue weighted by molar-refractivity contribution is 6.05. The highest BCUT2D eigenvalue weighted by atomic mass is 16.6. The molecule has 0 unspecified atom stereocenters. The third-order valence-corrected chi connectivity index (χ3v) is 4.81. The number of rotatable bonds is 8. The lowest BCUT2D eigenvalue weighted by molar-refractivity contribution is -0.173. The predicted molar refractivity (Wildman–Crippen MR) is 125 cm³/mol. The largest absolute Gasteiger partial charge is 0.489 e. The Kier molecular flexibility index (Phi) is 7.51. The first-order chi connectivity index (χ1) is 15.7. The summed E-state index contributed by atoms with van der Waals surface area (Å²) in [5, 5.41) is 0. The monoisotopic (exact) mass is 447 g/mol. The molecule has 3 aromatic carbocycles. The van der Waals surface area contributed by atoms with Crippen molar-refractivity contribution in [3.05, 3.63) is 102 Å². The molecule has 0 fully saturated rings. The molecule has 6 nitrogen and oxygen atoms in total. The van der Waals surface area contributed by atoms with Gasteiger partial charge in [-0.2, -0.15) is 0 Å². The van der Waals surface area contributed by atoms with Crippen LogP contribution in [0.3, 0.4) is 0 Å². The van der Waals surface area contributed by atoms with Gasteiger partial charge in [0.15, 0.2) is 0 Å². The van der Waals surface area contributed by atoms with Gasteiger partial charge in [-0.1, -0.05) is 72.8 Å². The molecule has 0 saturated heterocycles. The number of carbonyl (C=O) groups is 2. The summed E-state index contributed by atoms with van der Waals surface area (Å²) in [6.45, 7) is 5.50. The van der Waals surface area contributed by atoms with Crippen LogP contribution in [0.4, 0.5) is 0 Å². The average molecular weight is 448 g/mol. The molecule has 172 valence electrons. The van der Waals surface area contributed by atoms with E-state index in [4.69, 9.17) is 19.9 Å². The third-order valence-electron chi connectivity index (χ3n) is 4.81. The van der Waals surface area contributed by atoms with E-state index in [0.717, 1.165) is 11.1 Å². The lowest BCUT2D eigenvalue weighted by Crippen LogP contribution is -2.55. The van der Waals surface area contributed by atoms with Gasteiger partial charge in [-0.3, -0.25) is 0 Å². The van der Waals surface area contributed by atoms with Gasteiger partial charge < -0.3 is 19.9 Å². The Labute approximate surface area is 194 Å². The Morgan fingerprint density at radius 2 is 1.24 bits per heavy atom. The van der Waals surface area contributed by atoms with Crippen molar-refractivity contribution in [3.63, 3.8) is 0 Å². The van der Waals surface area contributed by atoms with Crippen LogP contribution in [-0.2, 0) is 37.8 Å². The Morgan fingerprint density at radius 3 is 1.76 bits per heavy atom. The van der Waals surface area contributed by atoms with E-state index in [1.54, 1.807) is 45.0 Å². The first-order valence-electron chi connectivity index (χ1n) is 10.7. The zero-order valence-electron chi connectivity index (χ0n) is 19.1. The van der Waals surface area contributed by atoms with Crippen LogP contribution in [0.5, 0.6) is 5.75 Å². The van der Waals surface area contributed by atoms with Crippen molar-refractivity contribution in [1.29, 1.82) is 0 Å². The molecule has 0 bridgehead atoms. The summed E-state index contributed by atoms with van der Waals surface area (Å²) in [5.74, 6) is -1.20. The Bertz CT molecular complexity index is 1060. The maximum Gasteiger partial charge on any atom is 0.343 e. The first-order valence-corrected chi connectivity index (χ1v) is 10.7. The van der Waals surface area contributed by atoms with Gasteiger partial charge in [-0.05, 0) is 49.6 Å². The number of carbonyl (C=O) groups excluding carboxylic acids is 2. The molecule has 0 amide bonds. The molecule has 2 N–H and O–H groups in total. The van der Waals surface area contributed by atoms with E-state index in [0.29, 0.717) is 12.4 Å². The Balaban J connectivity index is 1.80. The SMILES string of the molecule is CC(C)(C)OC(=O)[C@@](N)(C(=O)OCc1ccccc1)c1ccc(OCc2ccccc2)cc1. The maximum atomic E-state index is 13.1. The molecule has 0 spiro atoms. The fourth-order valence-corrected chi connectivity index (χ4v) is 3.07. The fraction of sp³-hybridized carbons (Fsp3) is 0.259. The third kappa shape index (κ3) is 6.43. The second kappa shape index (κ2) is 10.3. The minimum Gasteiger partial charge on any atom is -0.489 e. The lowest BCUT2D eigenvalue weighted by atomic mass is 9.90. The van der Waals surface area contributed by atoms with Gasteiger partial charge in [0.2, 0.25) is 5.54 Å². The minimum atomic E-state index is -2.12. The Hall–Kier alpha value is -3.64. The van der Waals surface area contributed by atoms with E-state index < -0.39 is 23.1 Å². The number of hydrogen-bond acceptors (Lipinski definition) is 6. The summed E-state index contributed by atoms with van der Waals surface area (Å²) in [6.07, 6.45) is 0. The van der Waals surface area contributed by atoms with E-state index in [1.165, 1.54) is 0 Å². The number of esters is 2. The molecule has 0 radical (unpaired) electrons. The summed E-state index contributed by atoms with van der Waals surface area (Å²) in [7, 11) is 0. The molecule has 0 aliphatic carbocycles. The van der Waals surface area contributed by atoms with Gasteiger partial charge in [-0.15, -0.1) is 0 Å². The standard InChI is InChI=1S/C27H29NO5/c1-26(2,3)33-25(30)27(28,24(29)32-19-21-12-8-5-9-13-21)22-14-16-23(17-15-22)31-18-20-10-6-4-7-11-20/h4-17H,18-19,28H2,1-3H3/t27-/m0/s1. The highest BCUT2D eigenvalue weighted by Gasteiger charge is 2.48. The van der Waals surface area contributed by atoms with Crippen molar-refractivity contribution < 1.29 is 23.8 Å². The van der Waals surface area contributed by atoms with Crippen LogP contribution in [0, 0.1) is 0 Å². The van der Waals surface area contributed by atoms with Crippen LogP contribution >= 0.6 is 0 Å². The van der Waals surface area contributed by atoms with Crippen molar-refractivity contribution in [2.45, 2.75) is 45.1 Å². The first kappa shape index (κ1) is 24.0. The summed E-state index contributed by atoms with van der Waals surface area (Å²) < 4.78 is 16.7. The van der Waals surface area contributed by atoms with Crippen LogP contribution in [0.1, 0.15) is 37.5 Å². The van der Waals surface area contributed by atoms with Crippen LogP contribution in [-0.4, -0.2) is 17.5 Å². The summed E-state index contributed by atoms with van der Waals surface area (Å²) in [6, 6.07) is 25.4. The summed E-state index contributed by atoms with van der Waals surface area (Å²) in [4.78, 5) is 26.1. The molecule has 0 aromatic heterocycles. The van der Waals surface area contributed by atoms with Gasteiger partial charge in [0.25, 0.3) is 0 Å². The summed E-state index contributed by atoms with van der Waals surface area (Å²) in [5.41, 5.74) is 5.50. The molecular weight excluding hydrogens is 418 g/mol. The number of benzene rings is 3. The van der Waals surface area contributed by atoms with Gasteiger partial charge >= 0.3 is 11.9 Å². The molecule has 0 aliphatic heterocycles. The van der Waals surface area contributed by atoms with Crippen LogP contribution in [0.25, 0.3) is 0 Å². The van der Waals surface area contributed by atoms with E-state index in [1.807, 2.05) is 60.7 Å². The van der Waals surface area contributed by atoms with Gasteiger partial charge in [0.05, 0.1) is 0 Å². The molecular formula is C27H29NO5. The van der Waals surface area contributed by atoms with E-state index >= 15 is 0 Å². The molecule has 33 heavy (non-hydrogen) atoms. The zero-order chi connectivity index (χ0) is 23.9. The normalized spacial score (nSPS) is 13.0. The topological polar surface area (TPSA) is 87.9 Å². The second-order valence-corrected chi connectivity index (χ2v) is 8.67. The number of ether oxygens (including phenoxy) is 3. The van der Waals surface area contributed by atoms with Crippen molar-refractivity contribution >= 4 is 11.9 Å². The van der Waals surface area contributed by atoms with Gasteiger partial charge in [-0.25, -0.2) is 9.59 Å². The van der Waals surface area contributed by atoms with Crippen molar-refractivity contribution in [2.24, 2.45) is 5.73 Å². The van der Waals surface area contributed by atoms with Gasteiger partial charge in [0, 0.05) is 0 Å². The molecule has 0 heterocycles. The van der Waals surface area contributed by atoms with Gasteiger partial charge in [0.1, 0.15) is 24.6 Å². The predicted octanol–water partition coefficient (Wildman–Crippen LogP) is 4.50. The fourth-order valence-electron chi connectivity index (χ4n) is 3.07. The van der Waals surface area contributed by atoms with Crippen molar-refractivity contribution in [2.75, 3.05) is 0 Å². The van der Waals surface area contributed by atoms with Crippen LogP contribution in [0.15, 0.2) is 84.9 Å². The van der Waals surface area contributed by atoms with Crippen LogP contribution in [0.2, 0.25) is 0 Å². The number of hydrogen-bond donors (Lipinski definition) is 1. The van der Waals surface area contributed by atoms with Crippen molar-refractivity contribution in [1.82, 2.24) is 0 Å². The van der Waals surface area contributed by atoms with E-state index in [9.17, 15) is 9.59 Å². The summed E-state index contributed by atoms with van der Waals surface area (Å²) >= 11 is 0. The highest BCUT2D eigenvalue weighted by Crippen LogP contribution is 2.27. The molecule has 6 heteroatoms. The maximum absolute atomic E-state index is 13.1. The number of nitrogens with two attached hydrogens (primary N) is 1. The molecule has 0 saturated carbocycles. The zero-order valence-corrected chi connectivity index (χ0v) is 19.1. The van der Waals surface area contributed by atoms with E-state index in [2.05, 4.69) is 0 Å². The quantitative estimate of drug-likeness (QED) is 0.404. The average Bonchev–Trinajstić information content (AvgIpc) is 2.81. The molecule has 0 aliphatic rings. The molecule has 3 aromatic rings.